The van der Waals surface area contributed by atoms with Crippen LogP contribution in [0.1, 0.15) is 36.8 Å². The van der Waals surface area contributed by atoms with Gasteiger partial charge < -0.3 is 11.5 Å². The highest BCUT2D eigenvalue weighted by Gasteiger charge is 2.13. The molecule has 0 saturated carbocycles. The number of benzene rings is 2. The van der Waals surface area contributed by atoms with Gasteiger partial charge in [0.15, 0.2) is 0 Å². The summed E-state index contributed by atoms with van der Waals surface area (Å²) in [5.74, 6) is 0. The summed E-state index contributed by atoms with van der Waals surface area (Å²) < 4.78 is 0. The summed E-state index contributed by atoms with van der Waals surface area (Å²) in [6.45, 7) is 0. The van der Waals surface area contributed by atoms with E-state index in [1.54, 1.807) is 0 Å². The van der Waals surface area contributed by atoms with Crippen LogP contribution in [0.25, 0.3) is 11.1 Å². The highest BCUT2D eigenvalue weighted by molar-refractivity contribution is 5.81. The molecular formula is C18H22N2. The lowest BCUT2D eigenvalue weighted by Crippen LogP contribution is -2.03. The Bertz CT molecular complexity index is 617. The molecule has 2 aromatic rings. The van der Waals surface area contributed by atoms with Gasteiger partial charge in [-0.3, -0.25) is 0 Å². The lowest BCUT2D eigenvalue weighted by atomic mass is 9.87. The molecule has 2 aromatic carbocycles. The first kappa shape index (κ1) is 13.0. The van der Waals surface area contributed by atoms with Crippen LogP contribution in [-0.4, -0.2) is 0 Å². The molecule has 0 spiro atoms. The van der Waals surface area contributed by atoms with E-state index in [1.165, 1.54) is 48.8 Å². The number of aryl methyl sites for hydroxylation is 1. The molecule has 1 aliphatic carbocycles. The standard InChI is InChI=1S/C18H22N2/c19-14-10-11-17(18(20)12-14)16-9-5-7-13-6-3-1-2-4-8-15(13)16/h5,7,9-12H,1-4,6,8,19-20H2. The van der Waals surface area contributed by atoms with Gasteiger partial charge in [-0.1, -0.05) is 37.1 Å². The lowest BCUT2D eigenvalue weighted by molar-refractivity contribution is 0.617. The molecule has 4 N–H and O–H groups in total. The molecule has 3 rings (SSSR count). The molecule has 0 fully saturated rings. The van der Waals surface area contributed by atoms with Crippen LogP contribution in [0.15, 0.2) is 36.4 Å². The summed E-state index contributed by atoms with van der Waals surface area (Å²) in [4.78, 5) is 0. The van der Waals surface area contributed by atoms with Crippen molar-refractivity contribution in [3.63, 3.8) is 0 Å². The SMILES string of the molecule is Nc1ccc(-c2cccc3c2CCCCCC3)c(N)c1. The Morgan fingerprint density at radius 2 is 1.55 bits per heavy atom. The van der Waals surface area contributed by atoms with Crippen LogP contribution in [0.5, 0.6) is 0 Å². The Kier molecular flexibility index (Phi) is 3.64. The molecule has 2 heteroatoms. The van der Waals surface area contributed by atoms with Crippen molar-refractivity contribution in [2.45, 2.75) is 38.5 Å². The number of nitrogen functional groups attached to an aromatic ring is 2. The Balaban J connectivity index is 2.11. The highest BCUT2D eigenvalue weighted by Crippen LogP contribution is 2.34. The molecule has 0 atom stereocenters. The summed E-state index contributed by atoms with van der Waals surface area (Å²) in [5.41, 5.74) is 18.9. The van der Waals surface area contributed by atoms with E-state index in [1.807, 2.05) is 12.1 Å². The van der Waals surface area contributed by atoms with Crippen molar-refractivity contribution in [3.8, 4) is 11.1 Å². The number of anilines is 2. The van der Waals surface area contributed by atoms with E-state index in [0.29, 0.717) is 0 Å². The van der Waals surface area contributed by atoms with E-state index in [2.05, 4.69) is 24.3 Å². The summed E-state index contributed by atoms with van der Waals surface area (Å²) >= 11 is 0. The van der Waals surface area contributed by atoms with E-state index in [9.17, 15) is 0 Å². The Hall–Kier alpha value is -1.96. The second-order valence-electron chi connectivity index (χ2n) is 5.70. The number of hydrogen-bond donors (Lipinski definition) is 2. The number of rotatable bonds is 1. The molecule has 0 heterocycles. The van der Waals surface area contributed by atoms with Crippen molar-refractivity contribution >= 4 is 11.4 Å². The zero-order valence-corrected chi connectivity index (χ0v) is 11.9. The third-order valence-corrected chi connectivity index (χ3v) is 4.26. The first-order valence-electron chi connectivity index (χ1n) is 7.52. The average molecular weight is 266 g/mol. The van der Waals surface area contributed by atoms with Crippen LogP contribution < -0.4 is 11.5 Å². The molecule has 0 unspecified atom stereocenters. The van der Waals surface area contributed by atoms with Crippen molar-refractivity contribution in [1.29, 1.82) is 0 Å². The molecule has 0 saturated heterocycles. The van der Waals surface area contributed by atoms with Crippen LogP contribution in [0.3, 0.4) is 0 Å². The van der Waals surface area contributed by atoms with Crippen LogP contribution in [0.4, 0.5) is 11.4 Å². The fourth-order valence-corrected chi connectivity index (χ4v) is 3.21. The van der Waals surface area contributed by atoms with Crippen LogP contribution in [0.2, 0.25) is 0 Å². The van der Waals surface area contributed by atoms with E-state index < -0.39 is 0 Å². The molecule has 104 valence electrons. The monoisotopic (exact) mass is 266 g/mol. The third kappa shape index (κ3) is 2.51. The van der Waals surface area contributed by atoms with E-state index in [-0.39, 0.29) is 0 Å². The van der Waals surface area contributed by atoms with Gasteiger partial charge in [-0.15, -0.1) is 0 Å². The molecule has 0 radical (unpaired) electrons. The second kappa shape index (κ2) is 5.58. The zero-order valence-electron chi connectivity index (χ0n) is 11.9. The zero-order chi connectivity index (χ0) is 13.9. The number of nitrogens with two attached hydrogens (primary N) is 2. The minimum atomic E-state index is 0.727. The maximum Gasteiger partial charge on any atom is 0.0414 e. The normalized spacial score (nSPS) is 15.2. The van der Waals surface area contributed by atoms with Gasteiger partial charge in [0.1, 0.15) is 0 Å². The smallest absolute Gasteiger partial charge is 0.0414 e. The maximum absolute atomic E-state index is 6.18. The second-order valence-corrected chi connectivity index (χ2v) is 5.70. The molecule has 2 nitrogen and oxygen atoms in total. The van der Waals surface area contributed by atoms with Crippen molar-refractivity contribution in [2.24, 2.45) is 0 Å². The van der Waals surface area contributed by atoms with E-state index in [4.69, 9.17) is 11.5 Å². The molecular weight excluding hydrogens is 244 g/mol. The van der Waals surface area contributed by atoms with Gasteiger partial charge in [-0.2, -0.15) is 0 Å². The minimum Gasteiger partial charge on any atom is -0.399 e. The topological polar surface area (TPSA) is 52.0 Å². The molecule has 0 bridgehead atoms. The van der Waals surface area contributed by atoms with Gasteiger partial charge in [0, 0.05) is 16.9 Å². The van der Waals surface area contributed by atoms with Crippen molar-refractivity contribution in [1.82, 2.24) is 0 Å². The predicted molar refractivity (Wildman–Crippen MR) is 86.6 cm³/mol. The molecule has 0 aromatic heterocycles. The third-order valence-electron chi connectivity index (χ3n) is 4.26. The predicted octanol–water partition coefficient (Wildman–Crippen LogP) is 4.18. The summed E-state index contributed by atoms with van der Waals surface area (Å²) in [6, 6.07) is 12.5. The molecule has 1 aliphatic rings. The lowest BCUT2D eigenvalue weighted by Gasteiger charge is -2.19. The number of hydrogen-bond acceptors (Lipinski definition) is 2. The maximum atomic E-state index is 6.18. The fourth-order valence-electron chi connectivity index (χ4n) is 3.21. The summed E-state index contributed by atoms with van der Waals surface area (Å²) in [5, 5.41) is 0. The van der Waals surface area contributed by atoms with Gasteiger partial charge in [0.05, 0.1) is 0 Å². The Morgan fingerprint density at radius 1 is 0.750 bits per heavy atom. The van der Waals surface area contributed by atoms with Gasteiger partial charge in [-0.05, 0) is 54.5 Å². The molecule has 0 amide bonds. The minimum absolute atomic E-state index is 0.727. The highest BCUT2D eigenvalue weighted by atomic mass is 14.6. The average Bonchev–Trinajstić information content (AvgIpc) is 2.39. The summed E-state index contributed by atoms with van der Waals surface area (Å²) in [7, 11) is 0. The number of fused-ring (bicyclic) bond motifs is 1. The molecule has 20 heavy (non-hydrogen) atoms. The largest absolute Gasteiger partial charge is 0.399 e. The Morgan fingerprint density at radius 3 is 2.35 bits per heavy atom. The van der Waals surface area contributed by atoms with E-state index >= 15 is 0 Å². The van der Waals surface area contributed by atoms with Gasteiger partial charge in [0.25, 0.3) is 0 Å². The van der Waals surface area contributed by atoms with Crippen molar-refractivity contribution in [2.75, 3.05) is 11.5 Å². The molecule has 0 aliphatic heterocycles. The first-order chi connectivity index (χ1) is 9.75. The van der Waals surface area contributed by atoms with Gasteiger partial charge in [-0.25, -0.2) is 0 Å². The Labute approximate surface area is 120 Å². The van der Waals surface area contributed by atoms with Gasteiger partial charge in [0.2, 0.25) is 0 Å². The first-order valence-corrected chi connectivity index (χ1v) is 7.52. The van der Waals surface area contributed by atoms with E-state index in [0.717, 1.165) is 23.4 Å². The van der Waals surface area contributed by atoms with Crippen LogP contribution in [0, 0.1) is 0 Å². The van der Waals surface area contributed by atoms with Crippen molar-refractivity contribution < 1.29 is 0 Å². The summed E-state index contributed by atoms with van der Waals surface area (Å²) in [6.07, 6.45) is 7.62. The fraction of sp³-hybridized carbons (Fsp3) is 0.333. The van der Waals surface area contributed by atoms with Crippen LogP contribution in [-0.2, 0) is 12.8 Å². The van der Waals surface area contributed by atoms with Crippen molar-refractivity contribution in [3.05, 3.63) is 47.5 Å². The quantitative estimate of drug-likeness (QED) is 0.761. The van der Waals surface area contributed by atoms with Gasteiger partial charge >= 0.3 is 0 Å². The van der Waals surface area contributed by atoms with Crippen LogP contribution >= 0.6 is 0 Å².